The first kappa shape index (κ1) is 17.1. The van der Waals surface area contributed by atoms with Gasteiger partial charge in [0.15, 0.2) is 11.6 Å². The van der Waals surface area contributed by atoms with Crippen LogP contribution in [-0.4, -0.2) is 42.2 Å². The molecule has 0 aliphatic carbocycles. The highest BCUT2D eigenvalue weighted by Crippen LogP contribution is 2.24. The Morgan fingerprint density at radius 2 is 2.08 bits per heavy atom. The monoisotopic (exact) mass is 345 g/mol. The van der Waals surface area contributed by atoms with Gasteiger partial charge in [-0.2, -0.15) is 4.98 Å². The minimum Gasteiger partial charge on any atom is -0.433 e. The van der Waals surface area contributed by atoms with Crippen LogP contribution in [0.2, 0.25) is 0 Å². The van der Waals surface area contributed by atoms with Crippen molar-refractivity contribution in [3.63, 3.8) is 0 Å². The number of halogens is 1. The number of ether oxygens (including phenoxy) is 2. The summed E-state index contributed by atoms with van der Waals surface area (Å²) in [7, 11) is 1.69. The number of anilines is 2. The normalized spacial score (nSPS) is 14.8. The summed E-state index contributed by atoms with van der Waals surface area (Å²) >= 11 is 0. The predicted molar refractivity (Wildman–Crippen MR) is 92.9 cm³/mol. The van der Waals surface area contributed by atoms with E-state index in [-0.39, 0.29) is 23.3 Å². The first-order valence-corrected chi connectivity index (χ1v) is 8.07. The molecule has 0 atom stereocenters. The standard InChI is InChI=1S/C17H20FN5O2/c1-20-16-14(25-15(19)12-4-2-3-5-13(12)18)10-21-17(23-16)22-11-6-8-24-9-7-11/h2-5,10-11,19H,6-9H2,1H3,(H2,20,21,22,23). The number of nitrogens with zero attached hydrogens (tertiary/aromatic N) is 2. The van der Waals surface area contributed by atoms with Crippen LogP contribution in [-0.2, 0) is 4.74 Å². The van der Waals surface area contributed by atoms with E-state index in [1.807, 2.05) is 0 Å². The highest BCUT2D eigenvalue weighted by Gasteiger charge is 2.17. The Morgan fingerprint density at radius 3 is 2.80 bits per heavy atom. The number of hydrogen-bond donors (Lipinski definition) is 3. The van der Waals surface area contributed by atoms with Crippen molar-refractivity contribution < 1.29 is 13.9 Å². The van der Waals surface area contributed by atoms with E-state index in [9.17, 15) is 4.39 Å². The summed E-state index contributed by atoms with van der Waals surface area (Å²) in [4.78, 5) is 8.60. The third kappa shape index (κ3) is 4.21. The fourth-order valence-electron chi connectivity index (χ4n) is 2.53. The van der Waals surface area contributed by atoms with Gasteiger partial charge in [0.2, 0.25) is 11.8 Å². The molecule has 0 bridgehead atoms. The van der Waals surface area contributed by atoms with Crippen LogP contribution in [0, 0.1) is 11.2 Å². The van der Waals surface area contributed by atoms with Crippen LogP contribution in [0.3, 0.4) is 0 Å². The second-order valence-corrected chi connectivity index (χ2v) is 5.60. The summed E-state index contributed by atoms with van der Waals surface area (Å²) in [6, 6.07) is 6.24. The van der Waals surface area contributed by atoms with Gasteiger partial charge >= 0.3 is 0 Å². The molecule has 1 fully saturated rings. The number of hydrogen-bond acceptors (Lipinski definition) is 7. The Balaban J connectivity index is 1.73. The van der Waals surface area contributed by atoms with E-state index in [1.54, 1.807) is 19.2 Å². The van der Waals surface area contributed by atoms with Crippen molar-refractivity contribution in [2.75, 3.05) is 30.9 Å². The maximum absolute atomic E-state index is 13.8. The van der Waals surface area contributed by atoms with Crippen molar-refractivity contribution in [1.29, 1.82) is 5.41 Å². The van der Waals surface area contributed by atoms with Gasteiger partial charge in [0, 0.05) is 26.3 Å². The van der Waals surface area contributed by atoms with E-state index in [0.29, 0.717) is 11.8 Å². The maximum Gasteiger partial charge on any atom is 0.225 e. The van der Waals surface area contributed by atoms with E-state index >= 15 is 0 Å². The molecule has 1 aromatic carbocycles. The second-order valence-electron chi connectivity index (χ2n) is 5.60. The highest BCUT2D eigenvalue weighted by atomic mass is 19.1. The Hall–Kier alpha value is -2.74. The lowest BCUT2D eigenvalue weighted by Crippen LogP contribution is -2.28. The number of nitrogens with one attached hydrogen (secondary N) is 3. The molecule has 3 rings (SSSR count). The molecule has 1 aliphatic heterocycles. The zero-order chi connectivity index (χ0) is 17.6. The molecule has 7 nitrogen and oxygen atoms in total. The molecule has 3 N–H and O–H groups in total. The molecular formula is C17H20FN5O2. The first-order chi connectivity index (χ1) is 12.2. The summed E-state index contributed by atoms with van der Waals surface area (Å²) in [5, 5.41) is 14.1. The molecule has 2 aromatic rings. The van der Waals surface area contributed by atoms with Gasteiger partial charge in [-0.05, 0) is 25.0 Å². The Labute approximate surface area is 145 Å². The van der Waals surface area contributed by atoms with Crippen LogP contribution in [0.1, 0.15) is 18.4 Å². The number of benzene rings is 1. The zero-order valence-corrected chi connectivity index (χ0v) is 13.9. The molecule has 0 saturated carbocycles. The summed E-state index contributed by atoms with van der Waals surface area (Å²) in [5.74, 6) is 0.334. The van der Waals surface area contributed by atoms with Crippen molar-refractivity contribution >= 4 is 17.7 Å². The molecule has 1 saturated heterocycles. The molecule has 25 heavy (non-hydrogen) atoms. The van der Waals surface area contributed by atoms with Crippen LogP contribution >= 0.6 is 0 Å². The molecule has 132 valence electrons. The minimum atomic E-state index is -0.516. The lowest BCUT2D eigenvalue weighted by atomic mass is 10.1. The van der Waals surface area contributed by atoms with Crippen molar-refractivity contribution in [3.05, 3.63) is 41.8 Å². The van der Waals surface area contributed by atoms with E-state index in [4.69, 9.17) is 14.9 Å². The highest BCUT2D eigenvalue weighted by molar-refractivity contribution is 5.93. The van der Waals surface area contributed by atoms with Crippen molar-refractivity contribution in [2.45, 2.75) is 18.9 Å². The van der Waals surface area contributed by atoms with Crippen LogP contribution in [0.15, 0.2) is 30.5 Å². The van der Waals surface area contributed by atoms with Crippen LogP contribution < -0.4 is 15.4 Å². The average Bonchev–Trinajstić information content (AvgIpc) is 2.64. The number of rotatable bonds is 5. The molecule has 0 radical (unpaired) electrons. The van der Waals surface area contributed by atoms with Gasteiger partial charge in [-0.15, -0.1) is 0 Å². The van der Waals surface area contributed by atoms with Crippen molar-refractivity contribution in [2.24, 2.45) is 0 Å². The van der Waals surface area contributed by atoms with E-state index < -0.39 is 5.82 Å². The molecule has 2 heterocycles. The largest absolute Gasteiger partial charge is 0.433 e. The Kier molecular flexibility index (Phi) is 5.39. The first-order valence-electron chi connectivity index (χ1n) is 8.07. The smallest absolute Gasteiger partial charge is 0.225 e. The predicted octanol–water partition coefficient (Wildman–Crippen LogP) is 2.65. The fraction of sp³-hybridized carbons (Fsp3) is 0.353. The van der Waals surface area contributed by atoms with E-state index in [0.717, 1.165) is 26.1 Å². The summed E-state index contributed by atoms with van der Waals surface area (Å²) < 4.78 is 24.5. The molecule has 1 aromatic heterocycles. The second kappa shape index (κ2) is 7.89. The molecule has 1 aliphatic rings. The molecule has 0 amide bonds. The van der Waals surface area contributed by atoms with Gasteiger partial charge < -0.3 is 20.1 Å². The fourth-order valence-corrected chi connectivity index (χ4v) is 2.53. The molecule has 8 heteroatoms. The minimum absolute atomic E-state index is 0.0777. The topological polar surface area (TPSA) is 92.2 Å². The van der Waals surface area contributed by atoms with Crippen molar-refractivity contribution in [3.8, 4) is 5.75 Å². The van der Waals surface area contributed by atoms with Gasteiger partial charge in [0.25, 0.3) is 0 Å². The van der Waals surface area contributed by atoms with E-state index in [2.05, 4.69) is 20.6 Å². The summed E-state index contributed by atoms with van der Waals surface area (Å²) in [6.07, 6.45) is 3.26. The van der Waals surface area contributed by atoms with Crippen LogP contribution in [0.5, 0.6) is 5.75 Å². The average molecular weight is 345 g/mol. The van der Waals surface area contributed by atoms with Gasteiger partial charge in [-0.3, -0.25) is 5.41 Å². The molecule has 0 unspecified atom stereocenters. The molecular weight excluding hydrogens is 325 g/mol. The molecule has 0 spiro atoms. The van der Waals surface area contributed by atoms with Crippen LogP contribution in [0.25, 0.3) is 0 Å². The summed E-state index contributed by atoms with van der Waals surface area (Å²) in [5.41, 5.74) is 0.0777. The number of aromatic nitrogens is 2. The summed E-state index contributed by atoms with van der Waals surface area (Å²) in [6.45, 7) is 1.44. The lowest BCUT2D eigenvalue weighted by molar-refractivity contribution is 0.0903. The van der Waals surface area contributed by atoms with Gasteiger partial charge in [-0.25, -0.2) is 9.37 Å². The van der Waals surface area contributed by atoms with Crippen LogP contribution in [0.4, 0.5) is 16.2 Å². The van der Waals surface area contributed by atoms with E-state index in [1.165, 1.54) is 18.3 Å². The third-order valence-electron chi connectivity index (χ3n) is 3.88. The van der Waals surface area contributed by atoms with Gasteiger partial charge in [-0.1, -0.05) is 12.1 Å². The van der Waals surface area contributed by atoms with Gasteiger partial charge in [0.1, 0.15) is 5.82 Å². The Bertz CT molecular complexity index is 750. The zero-order valence-electron chi connectivity index (χ0n) is 13.9. The quantitative estimate of drug-likeness (QED) is 0.570. The third-order valence-corrected chi connectivity index (χ3v) is 3.88. The SMILES string of the molecule is CNc1nc(NC2CCOCC2)ncc1OC(=N)c1ccccc1F. The van der Waals surface area contributed by atoms with Gasteiger partial charge in [0.05, 0.1) is 11.8 Å². The lowest BCUT2D eigenvalue weighted by Gasteiger charge is -2.23. The van der Waals surface area contributed by atoms with Crippen molar-refractivity contribution in [1.82, 2.24) is 9.97 Å². The maximum atomic E-state index is 13.8. The Morgan fingerprint density at radius 1 is 1.32 bits per heavy atom.